The molecule has 5 aromatic rings. The van der Waals surface area contributed by atoms with E-state index in [0.717, 1.165) is 14.6 Å². The van der Waals surface area contributed by atoms with E-state index in [-0.39, 0.29) is 35.5 Å². The minimum absolute atomic E-state index is 0.00485. The maximum absolute atomic E-state index is 13.8. The number of rotatable bonds is 10. The van der Waals surface area contributed by atoms with Gasteiger partial charge in [0.2, 0.25) is 0 Å². The summed E-state index contributed by atoms with van der Waals surface area (Å²) >= 11 is 1.40. The molecule has 0 bridgehead atoms. The molecule has 0 fully saturated rings. The van der Waals surface area contributed by atoms with Crippen molar-refractivity contribution in [3.05, 3.63) is 101 Å². The van der Waals surface area contributed by atoms with Crippen LogP contribution in [-0.4, -0.2) is 44.3 Å². The van der Waals surface area contributed by atoms with Crippen LogP contribution in [0, 0.1) is 5.41 Å². The van der Waals surface area contributed by atoms with Crippen LogP contribution in [0.5, 0.6) is 0 Å². The number of amides is 1. The zero-order chi connectivity index (χ0) is 29.9. The van der Waals surface area contributed by atoms with Gasteiger partial charge < -0.3 is 15.8 Å². The number of nitrogens with one attached hydrogen (secondary N) is 2. The van der Waals surface area contributed by atoms with Crippen molar-refractivity contribution >= 4 is 65.7 Å². The van der Waals surface area contributed by atoms with E-state index >= 15 is 0 Å². The highest BCUT2D eigenvalue weighted by molar-refractivity contribution is 7.92. The molecule has 0 unspecified atom stereocenters. The smallest absolute Gasteiger partial charge is 0.326 e. The van der Waals surface area contributed by atoms with Gasteiger partial charge in [-0.15, -0.1) is 11.3 Å². The quantitative estimate of drug-likeness (QED) is 0.122. The lowest BCUT2D eigenvalue weighted by Gasteiger charge is -2.24. The number of amidine groups is 1. The Morgan fingerprint density at radius 2 is 1.83 bits per heavy atom. The molecule has 0 saturated heterocycles. The summed E-state index contributed by atoms with van der Waals surface area (Å²) in [5.74, 6) is -1.04. The number of anilines is 1. The molecule has 4 N–H and O–H groups in total. The zero-order valence-corrected chi connectivity index (χ0v) is 24.2. The molecule has 0 radical (unpaired) electrons. The standard InChI is InChI=1S/C30H27N5O5S2/c1-2-40-28(36)17-35(42(38,39)23-11-13-27-26(15-23)34-18-41-27)22-10-12-24-21(14-22)4-3-5-25(24)30(37)33-16-19-6-8-20(9-7-19)29(31)32/h3-15,18H,2,16-17H2,1H3,(H3,31,32)(H,33,37). The van der Waals surface area contributed by atoms with E-state index in [4.69, 9.17) is 15.9 Å². The van der Waals surface area contributed by atoms with Gasteiger partial charge in [0.05, 0.1) is 32.9 Å². The lowest BCUT2D eigenvalue weighted by molar-refractivity contribution is -0.141. The van der Waals surface area contributed by atoms with E-state index in [9.17, 15) is 18.0 Å². The maximum Gasteiger partial charge on any atom is 0.326 e. The molecule has 0 aliphatic heterocycles. The summed E-state index contributed by atoms with van der Waals surface area (Å²) in [4.78, 5) is 29.9. The van der Waals surface area contributed by atoms with Crippen molar-refractivity contribution in [3.63, 3.8) is 0 Å². The predicted octanol–water partition coefficient (Wildman–Crippen LogP) is 4.42. The molecule has 5 rings (SSSR count). The fourth-order valence-corrected chi connectivity index (χ4v) is 6.55. The topological polar surface area (TPSA) is 156 Å². The second kappa shape index (κ2) is 12.0. The first kappa shape index (κ1) is 28.7. The van der Waals surface area contributed by atoms with E-state index < -0.39 is 22.5 Å². The van der Waals surface area contributed by atoms with Crippen molar-refractivity contribution in [2.45, 2.75) is 18.4 Å². The SMILES string of the molecule is CCOC(=O)CN(c1ccc2c(C(=O)NCc3ccc(C(=N)N)cc3)cccc2c1)S(=O)(=O)c1ccc2scnc2c1. The third-order valence-electron chi connectivity index (χ3n) is 6.58. The molecule has 1 aromatic heterocycles. The number of nitrogens with two attached hydrogens (primary N) is 1. The van der Waals surface area contributed by atoms with Crippen LogP contribution in [0.1, 0.15) is 28.4 Å². The molecule has 42 heavy (non-hydrogen) atoms. The number of esters is 1. The molecule has 12 heteroatoms. The summed E-state index contributed by atoms with van der Waals surface area (Å²) < 4.78 is 34.6. The fourth-order valence-electron chi connectivity index (χ4n) is 4.47. The van der Waals surface area contributed by atoms with E-state index in [2.05, 4.69) is 10.3 Å². The lowest BCUT2D eigenvalue weighted by Crippen LogP contribution is -2.36. The summed E-state index contributed by atoms with van der Waals surface area (Å²) in [5, 5.41) is 11.6. The van der Waals surface area contributed by atoms with Gasteiger partial charge >= 0.3 is 5.97 Å². The van der Waals surface area contributed by atoms with Crippen LogP contribution in [0.15, 0.2) is 89.3 Å². The summed E-state index contributed by atoms with van der Waals surface area (Å²) in [7, 11) is -4.18. The Morgan fingerprint density at radius 1 is 1.05 bits per heavy atom. The molecule has 0 atom stereocenters. The predicted molar refractivity (Wildman–Crippen MR) is 163 cm³/mol. The second-order valence-electron chi connectivity index (χ2n) is 9.30. The minimum Gasteiger partial charge on any atom is -0.465 e. The molecular formula is C30H27N5O5S2. The number of fused-ring (bicyclic) bond motifs is 2. The highest BCUT2D eigenvalue weighted by Gasteiger charge is 2.28. The summed E-state index contributed by atoms with van der Waals surface area (Å²) in [6.45, 7) is 1.49. The third kappa shape index (κ3) is 5.94. The molecule has 1 amide bonds. The lowest BCUT2D eigenvalue weighted by atomic mass is 10.0. The van der Waals surface area contributed by atoms with Gasteiger partial charge in [0.15, 0.2) is 0 Å². The van der Waals surface area contributed by atoms with Crippen molar-refractivity contribution in [1.29, 1.82) is 5.41 Å². The van der Waals surface area contributed by atoms with Gasteiger partial charge in [-0.3, -0.25) is 19.3 Å². The largest absolute Gasteiger partial charge is 0.465 e. The van der Waals surface area contributed by atoms with Crippen LogP contribution in [0.2, 0.25) is 0 Å². The van der Waals surface area contributed by atoms with Crippen molar-refractivity contribution in [1.82, 2.24) is 10.3 Å². The van der Waals surface area contributed by atoms with E-state index in [1.807, 2.05) is 0 Å². The average molecular weight is 602 g/mol. The molecule has 0 aliphatic rings. The van der Waals surface area contributed by atoms with Crippen molar-refractivity contribution in [2.24, 2.45) is 5.73 Å². The van der Waals surface area contributed by atoms with E-state index in [0.29, 0.717) is 27.4 Å². The number of hydrogen-bond donors (Lipinski definition) is 3. The summed E-state index contributed by atoms with van der Waals surface area (Å²) in [5.41, 5.74) is 9.77. The average Bonchev–Trinajstić information content (AvgIpc) is 3.46. The number of sulfonamides is 1. The second-order valence-corrected chi connectivity index (χ2v) is 12.1. The zero-order valence-electron chi connectivity index (χ0n) is 22.5. The van der Waals surface area contributed by atoms with Gasteiger partial charge in [0.1, 0.15) is 12.4 Å². The van der Waals surface area contributed by atoms with Gasteiger partial charge in [0, 0.05) is 17.7 Å². The molecule has 4 aromatic carbocycles. The number of thiazole rings is 1. The van der Waals surface area contributed by atoms with Gasteiger partial charge in [-0.1, -0.05) is 42.5 Å². The Morgan fingerprint density at radius 3 is 2.57 bits per heavy atom. The normalized spacial score (nSPS) is 11.4. The number of nitrogens with zero attached hydrogens (tertiary/aromatic N) is 2. The molecule has 0 aliphatic carbocycles. The van der Waals surface area contributed by atoms with Crippen molar-refractivity contribution in [2.75, 3.05) is 17.5 Å². The van der Waals surface area contributed by atoms with Crippen molar-refractivity contribution < 1.29 is 22.7 Å². The number of carbonyl (C=O) groups is 2. The Bertz CT molecular complexity index is 1920. The number of benzene rings is 4. The Labute approximate surface area is 246 Å². The van der Waals surface area contributed by atoms with Gasteiger partial charge in [0.25, 0.3) is 15.9 Å². The number of carbonyl (C=O) groups excluding carboxylic acids is 2. The number of nitrogen functional groups attached to an aromatic ring is 1. The molecule has 1 heterocycles. The highest BCUT2D eigenvalue weighted by atomic mass is 32.2. The third-order valence-corrected chi connectivity index (χ3v) is 9.16. The molecular weight excluding hydrogens is 574 g/mol. The first-order valence-electron chi connectivity index (χ1n) is 12.9. The van der Waals surface area contributed by atoms with Gasteiger partial charge in [-0.05, 0) is 59.7 Å². The van der Waals surface area contributed by atoms with E-state index in [1.54, 1.807) is 79.2 Å². The molecule has 0 spiro atoms. The number of ether oxygens (including phenoxy) is 1. The van der Waals surface area contributed by atoms with Crippen LogP contribution in [0.25, 0.3) is 21.0 Å². The Kier molecular flexibility index (Phi) is 8.18. The van der Waals surface area contributed by atoms with Crippen LogP contribution < -0.4 is 15.4 Å². The van der Waals surface area contributed by atoms with Gasteiger partial charge in [-0.25, -0.2) is 13.4 Å². The van der Waals surface area contributed by atoms with Crippen LogP contribution >= 0.6 is 11.3 Å². The Balaban J connectivity index is 1.45. The molecule has 10 nitrogen and oxygen atoms in total. The fraction of sp³-hybridized carbons (Fsp3) is 0.133. The molecule has 214 valence electrons. The monoisotopic (exact) mass is 601 g/mol. The minimum atomic E-state index is -4.18. The first-order chi connectivity index (χ1) is 20.2. The summed E-state index contributed by atoms with van der Waals surface area (Å²) in [6.07, 6.45) is 0. The number of hydrogen-bond acceptors (Lipinski definition) is 8. The van der Waals surface area contributed by atoms with Crippen LogP contribution in [0.3, 0.4) is 0 Å². The Hall–Kier alpha value is -4.81. The summed E-state index contributed by atoms with van der Waals surface area (Å²) in [6, 6.07) is 21.7. The van der Waals surface area contributed by atoms with E-state index in [1.165, 1.54) is 23.5 Å². The van der Waals surface area contributed by atoms with Crippen LogP contribution in [-0.2, 0) is 26.1 Å². The number of aromatic nitrogens is 1. The molecule has 0 saturated carbocycles. The van der Waals surface area contributed by atoms with Gasteiger partial charge in [-0.2, -0.15) is 0 Å². The maximum atomic E-state index is 13.8. The highest BCUT2D eigenvalue weighted by Crippen LogP contribution is 2.30. The first-order valence-corrected chi connectivity index (χ1v) is 15.3. The van der Waals surface area contributed by atoms with Crippen LogP contribution in [0.4, 0.5) is 5.69 Å². The van der Waals surface area contributed by atoms with Crippen molar-refractivity contribution in [3.8, 4) is 0 Å².